The molecule has 2 aromatic rings. The number of nitrogens with two attached hydrogens (primary N) is 1. The van der Waals surface area contributed by atoms with Crippen LogP contribution in [0.3, 0.4) is 0 Å². The van der Waals surface area contributed by atoms with Gasteiger partial charge in [-0.1, -0.05) is 67.1 Å². The standard InChI is InChI=1S/C17H21N/c1-3-16(14-9-5-4-6-10-14)17(18)15-11-7-8-13(2)12-15/h4-12,16-17H,3,18H2,1-2H3. The Morgan fingerprint density at radius 2 is 1.61 bits per heavy atom. The van der Waals surface area contributed by atoms with Crippen LogP contribution in [0.5, 0.6) is 0 Å². The summed E-state index contributed by atoms with van der Waals surface area (Å²) in [6.07, 6.45) is 1.05. The number of hydrogen-bond acceptors (Lipinski definition) is 1. The molecule has 0 aliphatic rings. The van der Waals surface area contributed by atoms with Crippen LogP contribution in [0.1, 0.15) is 42.0 Å². The van der Waals surface area contributed by atoms with Gasteiger partial charge in [0.05, 0.1) is 0 Å². The molecule has 2 unspecified atom stereocenters. The average molecular weight is 239 g/mol. The summed E-state index contributed by atoms with van der Waals surface area (Å²) in [5.41, 5.74) is 10.3. The minimum atomic E-state index is 0.0669. The van der Waals surface area contributed by atoms with Crippen molar-refractivity contribution in [3.8, 4) is 0 Å². The number of aryl methyl sites for hydroxylation is 1. The maximum absolute atomic E-state index is 6.45. The second-order valence-corrected chi connectivity index (χ2v) is 4.87. The molecule has 1 heteroatoms. The van der Waals surface area contributed by atoms with Crippen molar-refractivity contribution < 1.29 is 0 Å². The molecule has 0 aliphatic carbocycles. The summed E-state index contributed by atoms with van der Waals surface area (Å²) < 4.78 is 0. The minimum absolute atomic E-state index is 0.0669. The Labute approximate surface area is 110 Å². The number of benzene rings is 2. The molecule has 2 aromatic carbocycles. The van der Waals surface area contributed by atoms with Crippen LogP contribution in [0.4, 0.5) is 0 Å². The van der Waals surface area contributed by atoms with E-state index in [1.54, 1.807) is 0 Å². The van der Waals surface area contributed by atoms with Crippen molar-refractivity contribution in [2.45, 2.75) is 32.2 Å². The van der Waals surface area contributed by atoms with Gasteiger partial charge >= 0.3 is 0 Å². The van der Waals surface area contributed by atoms with Crippen LogP contribution in [0.2, 0.25) is 0 Å². The fraction of sp³-hybridized carbons (Fsp3) is 0.294. The zero-order valence-corrected chi connectivity index (χ0v) is 11.1. The first kappa shape index (κ1) is 12.8. The Morgan fingerprint density at radius 3 is 2.22 bits per heavy atom. The quantitative estimate of drug-likeness (QED) is 0.850. The second-order valence-electron chi connectivity index (χ2n) is 4.87. The van der Waals surface area contributed by atoms with Gasteiger partial charge in [-0.05, 0) is 24.5 Å². The first-order chi connectivity index (χ1) is 8.72. The molecule has 0 aliphatic heterocycles. The number of rotatable bonds is 4. The predicted molar refractivity (Wildman–Crippen MR) is 77.6 cm³/mol. The molecule has 0 saturated carbocycles. The molecule has 0 radical (unpaired) electrons. The van der Waals surface area contributed by atoms with Gasteiger partial charge in [0.25, 0.3) is 0 Å². The van der Waals surface area contributed by atoms with Gasteiger partial charge in [0, 0.05) is 12.0 Å². The molecule has 0 bridgehead atoms. The van der Waals surface area contributed by atoms with Gasteiger partial charge in [-0.15, -0.1) is 0 Å². The van der Waals surface area contributed by atoms with E-state index in [4.69, 9.17) is 5.73 Å². The van der Waals surface area contributed by atoms with Crippen LogP contribution < -0.4 is 5.73 Å². The van der Waals surface area contributed by atoms with E-state index in [9.17, 15) is 0 Å². The third-order valence-corrected chi connectivity index (χ3v) is 3.53. The molecule has 1 nitrogen and oxygen atoms in total. The molecule has 0 spiro atoms. The first-order valence-electron chi connectivity index (χ1n) is 6.59. The van der Waals surface area contributed by atoms with Crippen molar-refractivity contribution in [2.75, 3.05) is 0 Å². The maximum Gasteiger partial charge on any atom is 0.0364 e. The molecule has 2 rings (SSSR count). The fourth-order valence-corrected chi connectivity index (χ4v) is 2.51. The van der Waals surface area contributed by atoms with E-state index in [1.165, 1.54) is 16.7 Å². The van der Waals surface area contributed by atoms with E-state index in [2.05, 4.69) is 68.4 Å². The zero-order valence-electron chi connectivity index (χ0n) is 11.1. The van der Waals surface area contributed by atoms with Crippen molar-refractivity contribution in [1.29, 1.82) is 0 Å². The van der Waals surface area contributed by atoms with E-state index in [0.29, 0.717) is 5.92 Å². The van der Waals surface area contributed by atoms with Crippen LogP contribution in [0.25, 0.3) is 0 Å². The minimum Gasteiger partial charge on any atom is -0.323 e. The van der Waals surface area contributed by atoms with Crippen molar-refractivity contribution in [2.24, 2.45) is 5.73 Å². The van der Waals surface area contributed by atoms with Crippen LogP contribution in [-0.2, 0) is 0 Å². The summed E-state index contributed by atoms with van der Waals surface area (Å²) in [6, 6.07) is 19.1. The van der Waals surface area contributed by atoms with Crippen molar-refractivity contribution in [3.05, 3.63) is 71.3 Å². The summed E-state index contributed by atoms with van der Waals surface area (Å²) in [5, 5.41) is 0. The monoisotopic (exact) mass is 239 g/mol. The summed E-state index contributed by atoms with van der Waals surface area (Å²) >= 11 is 0. The van der Waals surface area contributed by atoms with E-state index >= 15 is 0 Å². The van der Waals surface area contributed by atoms with Crippen LogP contribution in [0.15, 0.2) is 54.6 Å². The predicted octanol–water partition coefficient (Wildman–Crippen LogP) is 4.19. The SMILES string of the molecule is CCC(c1ccccc1)C(N)c1cccc(C)c1. The lowest BCUT2D eigenvalue weighted by Gasteiger charge is -2.23. The molecule has 2 atom stereocenters. The first-order valence-corrected chi connectivity index (χ1v) is 6.59. The third-order valence-electron chi connectivity index (χ3n) is 3.53. The van der Waals surface area contributed by atoms with Crippen LogP contribution in [-0.4, -0.2) is 0 Å². The largest absolute Gasteiger partial charge is 0.323 e. The normalized spacial score (nSPS) is 14.2. The lowest BCUT2D eigenvalue weighted by molar-refractivity contribution is 0.539. The molecule has 0 saturated heterocycles. The summed E-state index contributed by atoms with van der Waals surface area (Å²) in [5.74, 6) is 0.382. The Bertz CT molecular complexity index is 490. The van der Waals surface area contributed by atoms with Gasteiger partial charge in [0.2, 0.25) is 0 Å². The molecule has 0 amide bonds. The molecular formula is C17H21N. The van der Waals surface area contributed by atoms with Gasteiger partial charge in [-0.2, -0.15) is 0 Å². The molecule has 18 heavy (non-hydrogen) atoms. The van der Waals surface area contributed by atoms with Crippen molar-refractivity contribution in [1.82, 2.24) is 0 Å². The van der Waals surface area contributed by atoms with Gasteiger partial charge in [-0.3, -0.25) is 0 Å². The zero-order chi connectivity index (χ0) is 13.0. The average Bonchev–Trinajstić information content (AvgIpc) is 2.41. The highest BCUT2D eigenvalue weighted by molar-refractivity contribution is 5.30. The van der Waals surface area contributed by atoms with Crippen LogP contribution >= 0.6 is 0 Å². The molecule has 0 aromatic heterocycles. The summed E-state index contributed by atoms with van der Waals surface area (Å²) in [6.45, 7) is 4.31. The third kappa shape index (κ3) is 2.80. The topological polar surface area (TPSA) is 26.0 Å². The Morgan fingerprint density at radius 1 is 0.944 bits per heavy atom. The smallest absolute Gasteiger partial charge is 0.0364 e. The molecule has 0 fully saturated rings. The number of hydrogen-bond donors (Lipinski definition) is 1. The van der Waals surface area contributed by atoms with Gasteiger partial charge in [0.1, 0.15) is 0 Å². The highest BCUT2D eigenvalue weighted by Crippen LogP contribution is 2.31. The van der Waals surface area contributed by atoms with Gasteiger partial charge in [0.15, 0.2) is 0 Å². The molecule has 2 N–H and O–H groups in total. The Balaban J connectivity index is 2.28. The maximum atomic E-state index is 6.45. The Hall–Kier alpha value is -1.60. The summed E-state index contributed by atoms with van der Waals surface area (Å²) in [4.78, 5) is 0. The van der Waals surface area contributed by atoms with Crippen LogP contribution in [0, 0.1) is 6.92 Å². The molecule has 94 valence electrons. The van der Waals surface area contributed by atoms with Gasteiger partial charge < -0.3 is 5.73 Å². The lowest BCUT2D eigenvalue weighted by Crippen LogP contribution is -2.19. The van der Waals surface area contributed by atoms with E-state index in [-0.39, 0.29) is 6.04 Å². The van der Waals surface area contributed by atoms with E-state index in [1.807, 2.05) is 0 Å². The second kappa shape index (κ2) is 5.83. The molecular weight excluding hydrogens is 218 g/mol. The summed E-state index contributed by atoms with van der Waals surface area (Å²) in [7, 11) is 0. The van der Waals surface area contributed by atoms with E-state index < -0.39 is 0 Å². The molecule has 0 heterocycles. The highest BCUT2D eigenvalue weighted by Gasteiger charge is 2.19. The van der Waals surface area contributed by atoms with E-state index in [0.717, 1.165) is 6.42 Å². The van der Waals surface area contributed by atoms with Gasteiger partial charge in [-0.25, -0.2) is 0 Å². The lowest BCUT2D eigenvalue weighted by atomic mass is 9.85. The fourth-order valence-electron chi connectivity index (χ4n) is 2.51. The highest BCUT2D eigenvalue weighted by atomic mass is 14.7. The van der Waals surface area contributed by atoms with Crippen molar-refractivity contribution in [3.63, 3.8) is 0 Å². The van der Waals surface area contributed by atoms with Crippen molar-refractivity contribution >= 4 is 0 Å². The Kier molecular flexibility index (Phi) is 4.16.